The van der Waals surface area contributed by atoms with E-state index in [1.54, 1.807) is 6.07 Å². The van der Waals surface area contributed by atoms with Gasteiger partial charge in [-0.05, 0) is 38.1 Å². The van der Waals surface area contributed by atoms with Gasteiger partial charge in [0.05, 0.1) is 6.61 Å². The lowest BCUT2D eigenvalue weighted by molar-refractivity contribution is -0.143. The van der Waals surface area contributed by atoms with Gasteiger partial charge in [-0.1, -0.05) is 17.7 Å². The summed E-state index contributed by atoms with van der Waals surface area (Å²) in [6.45, 7) is 4.33. The minimum atomic E-state index is -0.139. The second-order valence-electron chi connectivity index (χ2n) is 3.96. The summed E-state index contributed by atoms with van der Waals surface area (Å²) in [7, 11) is 0. The maximum atomic E-state index is 11.1. The molecule has 0 saturated heterocycles. The second kappa shape index (κ2) is 9.64. The molecule has 0 bridgehead atoms. The number of nitrogens with one attached hydrogen (secondary N) is 1. The number of carbonyl (C=O) groups is 1. The molecule has 0 aromatic heterocycles. The smallest absolute Gasteiger partial charge is 0.305 e. The molecule has 106 valence electrons. The van der Waals surface area contributed by atoms with Gasteiger partial charge in [0.1, 0.15) is 12.4 Å². The Morgan fingerprint density at radius 2 is 2.21 bits per heavy atom. The fourth-order valence-electron chi connectivity index (χ4n) is 1.51. The first-order valence-corrected chi connectivity index (χ1v) is 6.85. The molecular weight excluding hydrogens is 266 g/mol. The van der Waals surface area contributed by atoms with Gasteiger partial charge in [-0.2, -0.15) is 0 Å². The average molecular weight is 286 g/mol. The monoisotopic (exact) mass is 285 g/mol. The van der Waals surface area contributed by atoms with Crippen LogP contribution < -0.4 is 10.1 Å². The molecule has 0 aliphatic heterocycles. The van der Waals surface area contributed by atoms with Crippen molar-refractivity contribution in [2.45, 2.75) is 19.8 Å². The molecule has 1 aromatic carbocycles. The Kier molecular flexibility index (Phi) is 8.02. The number of carbonyl (C=O) groups excluding carboxylic acids is 1. The van der Waals surface area contributed by atoms with Crippen LogP contribution >= 0.6 is 11.6 Å². The molecular formula is C14H20ClNO3. The molecule has 0 aliphatic rings. The summed E-state index contributed by atoms with van der Waals surface area (Å²) in [5.74, 6) is 0.625. The molecule has 1 N–H and O–H groups in total. The van der Waals surface area contributed by atoms with E-state index in [4.69, 9.17) is 21.1 Å². The van der Waals surface area contributed by atoms with Gasteiger partial charge in [0, 0.05) is 18.0 Å². The molecule has 5 heteroatoms. The molecule has 19 heavy (non-hydrogen) atoms. The predicted molar refractivity (Wildman–Crippen MR) is 75.7 cm³/mol. The van der Waals surface area contributed by atoms with E-state index in [0.717, 1.165) is 25.3 Å². The minimum absolute atomic E-state index is 0.139. The van der Waals surface area contributed by atoms with Crippen LogP contribution in [-0.4, -0.2) is 32.3 Å². The number of rotatable bonds is 9. The second-order valence-corrected chi connectivity index (χ2v) is 4.40. The third kappa shape index (κ3) is 7.70. The van der Waals surface area contributed by atoms with Gasteiger partial charge in [-0.15, -0.1) is 0 Å². The number of hydrogen-bond acceptors (Lipinski definition) is 4. The van der Waals surface area contributed by atoms with Crippen molar-refractivity contribution in [3.8, 4) is 5.75 Å². The van der Waals surface area contributed by atoms with Crippen LogP contribution in [0.4, 0.5) is 0 Å². The predicted octanol–water partition coefficient (Wildman–Crippen LogP) is 2.65. The highest BCUT2D eigenvalue weighted by Gasteiger charge is 2.00. The number of ether oxygens (including phenoxy) is 2. The summed E-state index contributed by atoms with van der Waals surface area (Å²) in [5, 5.41) is 3.87. The normalized spacial score (nSPS) is 10.2. The maximum Gasteiger partial charge on any atom is 0.305 e. The molecule has 0 radical (unpaired) electrons. The summed E-state index contributed by atoms with van der Waals surface area (Å²) in [4.78, 5) is 11.1. The molecule has 0 spiro atoms. The SMILES string of the molecule is CCOC(=O)CCCNCCOc1cccc(Cl)c1. The zero-order valence-electron chi connectivity index (χ0n) is 11.2. The van der Waals surface area contributed by atoms with E-state index in [1.807, 2.05) is 25.1 Å². The van der Waals surface area contributed by atoms with Crippen LogP contribution in [0.15, 0.2) is 24.3 Å². The molecule has 0 saturated carbocycles. The van der Waals surface area contributed by atoms with Gasteiger partial charge in [-0.3, -0.25) is 4.79 Å². The molecule has 4 nitrogen and oxygen atoms in total. The van der Waals surface area contributed by atoms with Crippen LogP contribution in [0.3, 0.4) is 0 Å². The van der Waals surface area contributed by atoms with Crippen molar-refractivity contribution < 1.29 is 14.3 Å². The fraction of sp³-hybridized carbons (Fsp3) is 0.500. The zero-order valence-corrected chi connectivity index (χ0v) is 11.9. The molecule has 0 heterocycles. The summed E-state index contributed by atoms with van der Waals surface area (Å²) >= 11 is 5.84. The van der Waals surface area contributed by atoms with Crippen molar-refractivity contribution in [3.05, 3.63) is 29.3 Å². The molecule has 0 amide bonds. The van der Waals surface area contributed by atoms with Crippen molar-refractivity contribution in [2.24, 2.45) is 0 Å². The lowest BCUT2D eigenvalue weighted by Gasteiger charge is -2.07. The first kappa shape index (κ1) is 15.8. The highest BCUT2D eigenvalue weighted by Crippen LogP contribution is 2.16. The Hall–Kier alpha value is -1.26. The molecule has 0 unspecified atom stereocenters. The highest BCUT2D eigenvalue weighted by molar-refractivity contribution is 6.30. The molecule has 1 aromatic rings. The van der Waals surface area contributed by atoms with Crippen molar-refractivity contribution in [1.82, 2.24) is 5.32 Å². The van der Waals surface area contributed by atoms with Crippen molar-refractivity contribution >= 4 is 17.6 Å². The van der Waals surface area contributed by atoms with Crippen LogP contribution in [0.1, 0.15) is 19.8 Å². The summed E-state index contributed by atoms with van der Waals surface area (Å²) in [6.07, 6.45) is 1.23. The number of hydrogen-bond donors (Lipinski definition) is 1. The van der Waals surface area contributed by atoms with Gasteiger partial charge in [-0.25, -0.2) is 0 Å². The number of halogens is 1. The third-order valence-corrected chi connectivity index (χ3v) is 2.62. The first-order chi connectivity index (χ1) is 9.22. The Morgan fingerprint density at radius 1 is 1.37 bits per heavy atom. The van der Waals surface area contributed by atoms with Gasteiger partial charge >= 0.3 is 5.97 Å². The van der Waals surface area contributed by atoms with Gasteiger partial charge in [0.15, 0.2) is 0 Å². The van der Waals surface area contributed by atoms with E-state index in [1.165, 1.54) is 0 Å². The van der Waals surface area contributed by atoms with Gasteiger partial charge in [0.2, 0.25) is 0 Å². The third-order valence-electron chi connectivity index (χ3n) is 2.38. The van der Waals surface area contributed by atoms with E-state index in [-0.39, 0.29) is 5.97 Å². The van der Waals surface area contributed by atoms with Crippen LogP contribution in [0.2, 0.25) is 5.02 Å². The fourth-order valence-corrected chi connectivity index (χ4v) is 1.69. The molecule has 0 fully saturated rings. The Bertz CT molecular complexity index is 385. The van der Waals surface area contributed by atoms with Gasteiger partial charge in [0.25, 0.3) is 0 Å². The van der Waals surface area contributed by atoms with Gasteiger partial charge < -0.3 is 14.8 Å². The quantitative estimate of drug-likeness (QED) is 0.560. The molecule has 0 atom stereocenters. The minimum Gasteiger partial charge on any atom is -0.492 e. The Labute approximate surface area is 119 Å². The number of esters is 1. The summed E-state index contributed by atoms with van der Waals surface area (Å²) in [5.41, 5.74) is 0. The Morgan fingerprint density at radius 3 is 2.95 bits per heavy atom. The van der Waals surface area contributed by atoms with Crippen molar-refractivity contribution in [2.75, 3.05) is 26.3 Å². The zero-order chi connectivity index (χ0) is 13.9. The van der Waals surface area contributed by atoms with E-state index in [9.17, 15) is 4.79 Å². The van der Waals surface area contributed by atoms with E-state index < -0.39 is 0 Å². The summed E-state index contributed by atoms with van der Waals surface area (Å²) < 4.78 is 10.3. The molecule has 1 rings (SSSR count). The lowest BCUT2D eigenvalue weighted by Crippen LogP contribution is -2.22. The van der Waals surface area contributed by atoms with E-state index >= 15 is 0 Å². The first-order valence-electron chi connectivity index (χ1n) is 6.47. The van der Waals surface area contributed by atoms with Crippen LogP contribution in [0.5, 0.6) is 5.75 Å². The lowest BCUT2D eigenvalue weighted by atomic mass is 10.3. The molecule has 0 aliphatic carbocycles. The van der Waals surface area contributed by atoms with Crippen LogP contribution in [0, 0.1) is 0 Å². The summed E-state index contributed by atoms with van der Waals surface area (Å²) in [6, 6.07) is 7.31. The number of benzene rings is 1. The van der Waals surface area contributed by atoms with Crippen LogP contribution in [-0.2, 0) is 9.53 Å². The standard InChI is InChI=1S/C14H20ClNO3/c1-2-18-14(17)7-4-8-16-9-10-19-13-6-3-5-12(15)11-13/h3,5-6,11,16H,2,4,7-10H2,1H3. The van der Waals surface area contributed by atoms with Crippen LogP contribution in [0.25, 0.3) is 0 Å². The average Bonchev–Trinajstić information content (AvgIpc) is 2.38. The van der Waals surface area contributed by atoms with Crippen molar-refractivity contribution in [1.29, 1.82) is 0 Å². The highest BCUT2D eigenvalue weighted by atomic mass is 35.5. The topological polar surface area (TPSA) is 47.6 Å². The largest absolute Gasteiger partial charge is 0.492 e. The van der Waals surface area contributed by atoms with Crippen molar-refractivity contribution in [3.63, 3.8) is 0 Å². The van der Waals surface area contributed by atoms with E-state index in [2.05, 4.69) is 5.32 Å². The van der Waals surface area contributed by atoms with E-state index in [0.29, 0.717) is 24.7 Å². The maximum absolute atomic E-state index is 11.1. The Balaban J connectivity index is 1.98.